The first-order chi connectivity index (χ1) is 18.1. The molecule has 1 aromatic carbocycles. The van der Waals surface area contributed by atoms with Gasteiger partial charge in [0.1, 0.15) is 35.4 Å². The molecule has 12 nitrogen and oxygen atoms in total. The standard InChI is InChI=1S/C24H25N7O5S2/c1-11-5-13-7-30(29(3)16(13)6-12(11)2)8-14-9-37-22-18(21(33)31(22)19(14)23(34)35)27-20(32)17(28-36-4)15-10-38-24(25)26-15/h5-7,10,18,22H,8-9H2,1-4H3,(H3-,25,26,27,32,34,35)/p+1/b28-17-/t18-,22-/m1/s1. The number of benzene rings is 1. The van der Waals surface area contributed by atoms with Gasteiger partial charge in [0.2, 0.25) is 6.20 Å². The number of thioether (sulfide) groups is 1. The van der Waals surface area contributed by atoms with Crippen LogP contribution in [0.2, 0.25) is 0 Å². The number of nitrogens with zero attached hydrogens (tertiary/aromatic N) is 5. The Hall–Kier alpha value is -3.91. The minimum atomic E-state index is -1.19. The fourth-order valence-corrected chi connectivity index (χ4v) is 6.53. The molecule has 5 rings (SSSR count). The zero-order chi connectivity index (χ0) is 27.3. The molecule has 2 amide bonds. The average molecular weight is 557 g/mol. The molecular formula is C24H26N7O5S2+. The van der Waals surface area contributed by atoms with Gasteiger partial charge in [-0.2, -0.15) is 4.68 Å². The van der Waals surface area contributed by atoms with Crippen molar-refractivity contribution in [1.82, 2.24) is 19.9 Å². The molecule has 38 heavy (non-hydrogen) atoms. The van der Waals surface area contributed by atoms with Crippen LogP contribution in [-0.2, 0) is 32.8 Å². The number of anilines is 1. The minimum Gasteiger partial charge on any atom is -0.477 e. The lowest BCUT2D eigenvalue weighted by molar-refractivity contribution is -0.764. The number of carboxylic acid groups (broad SMARTS) is 1. The predicted molar refractivity (Wildman–Crippen MR) is 142 cm³/mol. The number of hydrogen-bond donors (Lipinski definition) is 3. The predicted octanol–water partition coefficient (Wildman–Crippen LogP) is 0.911. The van der Waals surface area contributed by atoms with Crippen LogP contribution in [0, 0.1) is 13.8 Å². The summed E-state index contributed by atoms with van der Waals surface area (Å²) >= 11 is 2.54. The molecule has 2 atom stereocenters. The first-order valence-corrected chi connectivity index (χ1v) is 13.5. The van der Waals surface area contributed by atoms with Crippen molar-refractivity contribution in [2.45, 2.75) is 31.8 Å². The number of amides is 2. The van der Waals surface area contributed by atoms with Crippen molar-refractivity contribution in [2.75, 3.05) is 18.6 Å². The molecule has 0 bridgehead atoms. The fraction of sp³-hybridized carbons (Fsp3) is 0.333. The van der Waals surface area contributed by atoms with Crippen LogP contribution in [0.3, 0.4) is 0 Å². The van der Waals surface area contributed by atoms with E-state index >= 15 is 0 Å². The monoisotopic (exact) mass is 556 g/mol. The lowest BCUT2D eigenvalue weighted by Crippen LogP contribution is -2.71. The lowest BCUT2D eigenvalue weighted by atomic mass is 10.0. The molecule has 3 aromatic rings. The van der Waals surface area contributed by atoms with E-state index in [2.05, 4.69) is 41.4 Å². The van der Waals surface area contributed by atoms with E-state index in [1.54, 1.807) is 5.38 Å². The maximum absolute atomic E-state index is 13.1. The summed E-state index contributed by atoms with van der Waals surface area (Å²) in [6, 6.07) is 3.29. The highest BCUT2D eigenvalue weighted by atomic mass is 32.2. The van der Waals surface area contributed by atoms with Crippen molar-refractivity contribution in [1.29, 1.82) is 0 Å². The molecule has 0 spiro atoms. The summed E-state index contributed by atoms with van der Waals surface area (Å²) in [5.74, 6) is -1.97. The number of hydrogen-bond acceptors (Lipinski definition) is 9. The first-order valence-electron chi connectivity index (χ1n) is 11.6. The Morgan fingerprint density at radius 1 is 1.34 bits per heavy atom. The molecule has 0 radical (unpaired) electrons. The van der Waals surface area contributed by atoms with Crippen LogP contribution >= 0.6 is 23.1 Å². The van der Waals surface area contributed by atoms with Crippen LogP contribution in [-0.4, -0.2) is 67.4 Å². The highest BCUT2D eigenvalue weighted by Crippen LogP contribution is 2.40. The maximum Gasteiger partial charge on any atom is 0.352 e. The van der Waals surface area contributed by atoms with Gasteiger partial charge in [-0.1, -0.05) is 5.16 Å². The number of nitrogen functional groups attached to an aromatic ring is 1. The zero-order valence-corrected chi connectivity index (χ0v) is 22.7. The van der Waals surface area contributed by atoms with E-state index in [0.29, 0.717) is 17.9 Å². The van der Waals surface area contributed by atoms with E-state index in [1.165, 1.54) is 34.9 Å². The minimum absolute atomic E-state index is 0.0487. The maximum atomic E-state index is 13.1. The molecule has 2 aliphatic rings. The van der Waals surface area contributed by atoms with Gasteiger partial charge in [0.05, 0.1) is 12.4 Å². The van der Waals surface area contributed by atoms with Gasteiger partial charge in [0.25, 0.3) is 11.8 Å². The molecule has 198 valence electrons. The molecule has 2 aromatic heterocycles. The van der Waals surface area contributed by atoms with E-state index in [0.717, 1.165) is 22.2 Å². The number of carbonyl (C=O) groups is 3. The number of aryl methyl sites for hydroxylation is 3. The highest BCUT2D eigenvalue weighted by Gasteiger charge is 2.55. The van der Waals surface area contributed by atoms with E-state index < -0.39 is 29.2 Å². The van der Waals surface area contributed by atoms with Crippen molar-refractivity contribution in [3.05, 3.63) is 51.8 Å². The molecular weight excluding hydrogens is 530 g/mol. The van der Waals surface area contributed by atoms with Crippen molar-refractivity contribution in [3.63, 3.8) is 0 Å². The number of oxime groups is 1. The van der Waals surface area contributed by atoms with Gasteiger partial charge in [0.15, 0.2) is 17.4 Å². The smallest absolute Gasteiger partial charge is 0.352 e. The Kier molecular flexibility index (Phi) is 6.61. The quantitative estimate of drug-likeness (QED) is 0.168. The number of nitrogens with two attached hydrogens (primary N) is 1. The molecule has 4 heterocycles. The van der Waals surface area contributed by atoms with E-state index in [4.69, 9.17) is 10.6 Å². The summed E-state index contributed by atoms with van der Waals surface area (Å²) in [6.07, 6.45) is 1.98. The van der Waals surface area contributed by atoms with Gasteiger partial charge >= 0.3 is 5.97 Å². The largest absolute Gasteiger partial charge is 0.477 e. The Balaban J connectivity index is 1.39. The average Bonchev–Trinajstić information content (AvgIpc) is 3.43. The van der Waals surface area contributed by atoms with Gasteiger partial charge in [-0.05, 0) is 37.1 Å². The van der Waals surface area contributed by atoms with Gasteiger partial charge in [-0.25, -0.2) is 9.78 Å². The number of thiazole rings is 1. The second-order valence-electron chi connectivity index (χ2n) is 9.06. The van der Waals surface area contributed by atoms with E-state index in [1.807, 2.05) is 22.6 Å². The van der Waals surface area contributed by atoms with Gasteiger partial charge < -0.3 is 21.0 Å². The number of carboxylic acids is 1. The zero-order valence-electron chi connectivity index (χ0n) is 21.1. The van der Waals surface area contributed by atoms with Crippen molar-refractivity contribution in [3.8, 4) is 0 Å². The molecule has 14 heteroatoms. The summed E-state index contributed by atoms with van der Waals surface area (Å²) in [7, 11) is 3.21. The van der Waals surface area contributed by atoms with Crippen LogP contribution in [0.5, 0.6) is 0 Å². The molecule has 1 saturated heterocycles. The SMILES string of the molecule is CO/N=C(\C(=O)N[C@@H]1C(=O)N2C(C(=O)O)=C(C[n+]3cc4cc(C)c(C)cc4n3C)CS[C@H]12)c1csc(N)n1. The second kappa shape index (κ2) is 9.76. The number of fused-ring (bicyclic) bond motifs is 2. The number of β-lactam (4-membered cyclic amide) rings is 1. The fourth-order valence-electron chi connectivity index (χ4n) is 4.65. The number of nitrogens with one attached hydrogen (secondary N) is 1. The summed E-state index contributed by atoms with van der Waals surface area (Å²) in [5.41, 5.74) is 9.70. The molecule has 4 N–H and O–H groups in total. The molecule has 1 fully saturated rings. The topological polar surface area (TPSA) is 156 Å². The van der Waals surface area contributed by atoms with E-state index in [9.17, 15) is 19.5 Å². The van der Waals surface area contributed by atoms with E-state index in [-0.39, 0.29) is 22.2 Å². The van der Waals surface area contributed by atoms with Crippen LogP contribution in [0.25, 0.3) is 10.9 Å². The van der Waals surface area contributed by atoms with Gasteiger partial charge in [-0.15, -0.1) is 27.8 Å². The number of aliphatic carboxylic acids is 1. The number of carbonyl (C=O) groups excluding carboxylic acids is 2. The third kappa shape index (κ3) is 4.28. The number of rotatable bonds is 7. The van der Waals surface area contributed by atoms with Crippen LogP contribution in [0.1, 0.15) is 16.8 Å². The van der Waals surface area contributed by atoms with Gasteiger partial charge in [-0.3, -0.25) is 14.5 Å². The summed E-state index contributed by atoms with van der Waals surface area (Å²) in [4.78, 5) is 48.5. The Labute approximate surface area is 225 Å². The molecule has 0 unspecified atom stereocenters. The Morgan fingerprint density at radius 3 is 2.74 bits per heavy atom. The summed E-state index contributed by atoms with van der Waals surface area (Å²) in [6.45, 7) is 4.41. The lowest BCUT2D eigenvalue weighted by Gasteiger charge is -2.49. The molecule has 0 aliphatic carbocycles. The van der Waals surface area contributed by atoms with Crippen LogP contribution < -0.4 is 15.7 Å². The second-order valence-corrected chi connectivity index (χ2v) is 11.1. The number of aromatic nitrogens is 3. The van der Waals surface area contributed by atoms with Crippen molar-refractivity contribution >= 4 is 62.6 Å². The Morgan fingerprint density at radius 2 is 2.08 bits per heavy atom. The van der Waals surface area contributed by atoms with Crippen LogP contribution in [0.4, 0.5) is 5.13 Å². The van der Waals surface area contributed by atoms with Crippen LogP contribution in [0.15, 0.2) is 40.1 Å². The summed E-state index contributed by atoms with van der Waals surface area (Å²) in [5, 5.41) is 18.8. The Bertz CT molecular complexity index is 1560. The van der Waals surface area contributed by atoms with Crippen molar-refractivity contribution < 1.29 is 29.0 Å². The molecule has 0 saturated carbocycles. The van der Waals surface area contributed by atoms with Gasteiger partial charge in [0, 0.05) is 16.7 Å². The third-order valence-corrected chi connectivity index (χ3v) is 8.73. The highest BCUT2D eigenvalue weighted by molar-refractivity contribution is 8.00. The molecule has 2 aliphatic heterocycles. The summed E-state index contributed by atoms with van der Waals surface area (Å²) < 4.78 is 3.92. The normalized spacial score (nSPS) is 19.4. The first kappa shape index (κ1) is 25.7. The third-order valence-electron chi connectivity index (χ3n) is 6.72. The van der Waals surface area contributed by atoms with Crippen molar-refractivity contribution in [2.24, 2.45) is 12.2 Å².